The van der Waals surface area contributed by atoms with Gasteiger partial charge in [-0.3, -0.25) is 4.79 Å². The molecule has 1 aromatic carbocycles. The van der Waals surface area contributed by atoms with Crippen molar-refractivity contribution in [2.24, 2.45) is 11.7 Å². The molecule has 3 N–H and O–H groups in total. The molecule has 21 heavy (non-hydrogen) atoms. The van der Waals surface area contributed by atoms with Crippen LogP contribution >= 0.6 is 12.4 Å². The minimum Gasteiger partial charge on any atom is -0.348 e. The summed E-state index contributed by atoms with van der Waals surface area (Å²) in [6.07, 6.45) is -3.01. The van der Waals surface area contributed by atoms with Gasteiger partial charge in [-0.05, 0) is 30.9 Å². The van der Waals surface area contributed by atoms with Gasteiger partial charge in [0.05, 0.1) is 11.1 Å². The van der Waals surface area contributed by atoms with Crippen LogP contribution in [-0.4, -0.2) is 18.5 Å². The first-order chi connectivity index (χ1) is 9.34. The van der Waals surface area contributed by atoms with Crippen LogP contribution in [0.4, 0.5) is 17.6 Å². The molecule has 1 fully saturated rings. The van der Waals surface area contributed by atoms with E-state index in [0.29, 0.717) is 6.07 Å². The van der Waals surface area contributed by atoms with E-state index in [2.05, 4.69) is 5.32 Å². The maximum Gasteiger partial charge on any atom is 0.419 e. The van der Waals surface area contributed by atoms with Crippen LogP contribution in [0.25, 0.3) is 0 Å². The second kappa shape index (κ2) is 6.62. The number of benzene rings is 1. The normalized spacial score (nSPS) is 16.0. The van der Waals surface area contributed by atoms with Crippen molar-refractivity contribution in [3.8, 4) is 0 Å². The Labute approximate surface area is 125 Å². The highest BCUT2D eigenvalue weighted by molar-refractivity contribution is 5.95. The summed E-state index contributed by atoms with van der Waals surface area (Å²) >= 11 is 0. The van der Waals surface area contributed by atoms with E-state index in [1.807, 2.05) is 0 Å². The average Bonchev–Trinajstić information content (AvgIpc) is 3.18. The molecule has 0 bridgehead atoms. The maximum absolute atomic E-state index is 13.8. The summed E-state index contributed by atoms with van der Waals surface area (Å²) in [4.78, 5) is 11.9. The zero-order chi connectivity index (χ0) is 14.9. The van der Waals surface area contributed by atoms with Gasteiger partial charge in [0, 0.05) is 12.6 Å². The standard InChI is InChI=1S/C13H14F4N2O.ClH/c14-11-8(2-1-3-9(11)13(15,16)17)12(20)19-10(6-18)7-4-5-7;/h1-3,7,10H,4-6,18H2,(H,19,20);1H. The van der Waals surface area contributed by atoms with Gasteiger partial charge in [0.15, 0.2) is 0 Å². The number of nitrogens with one attached hydrogen (secondary N) is 1. The number of nitrogens with two attached hydrogens (primary N) is 1. The van der Waals surface area contributed by atoms with Gasteiger partial charge in [-0.2, -0.15) is 13.2 Å². The molecule has 0 saturated heterocycles. The monoisotopic (exact) mass is 326 g/mol. The van der Waals surface area contributed by atoms with E-state index in [1.54, 1.807) is 0 Å². The van der Waals surface area contributed by atoms with Crippen molar-refractivity contribution in [3.05, 3.63) is 35.1 Å². The van der Waals surface area contributed by atoms with Gasteiger partial charge < -0.3 is 11.1 Å². The molecule has 1 aliphatic rings. The van der Waals surface area contributed by atoms with Crippen LogP contribution in [0.5, 0.6) is 0 Å². The predicted octanol–water partition coefficient (Wildman–Crippen LogP) is 2.73. The fourth-order valence-corrected chi connectivity index (χ4v) is 2.04. The van der Waals surface area contributed by atoms with Gasteiger partial charge in [-0.15, -0.1) is 12.4 Å². The van der Waals surface area contributed by atoms with E-state index in [0.717, 1.165) is 25.0 Å². The van der Waals surface area contributed by atoms with Crippen LogP contribution in [-0.2, 0) is 6.18 Å². The second-order valence-electron chi connectivity index (χ2n) is 4.82. The molecule has 8 heteroatoms. The molecule has 0 radical (unpaired) electrons. The van der Waals surface area contributed by atoms with Gasteiger partial charge in [0.1, 0.15) is 5.82 Å². The zero-order valence-corrected chi connectivity index (χ0v) is 11.7. The van der Waals surface area contributed by atoms with E-state index in [9.17, 15) is 22.4 Å². The Kier molecular flexibility index (Phi) is 5.58. The summed E-state index contributed by atoms with van der Waals surface area (Å²) in [6.45, 7) is 0.178. The summed E-state index contributed by atoms with van der Waals surface area (Å²) in [5.41, 5.74) is 3.43. The van der Waals surface area contributed by atoms with Crippen LogP contribution in [0.1, 0.15) is 28.8 Å². The second-order valence-corrected chi connectivity index (χ2v) is 4.82. The van der Waals surface area contributed by atoms with Crippen LogP contribution in [0.3, 0.4) is 0 Å². The lowest BCUT2D eigenvalue weighted by molar-refractivity contribution is -0.140. The summed E-state index contributed by atoms with van der Waals surface area (Å²) < 4.78 is 51.5. The minimum atomic E-state index is -4.83. The lowest BCUT2D eigenvalue weighted by atomic mass is 10.1. The van der Waals surface area contributed by atoms with Crippen molar-refractivity contribution in [2.75, 3.05) is 6.54 Å². The van der Waals surface area contributed by atoms with Crippen LogP contribution in [0, 0.1) is 11.7 Å². The smallest absolute Gasteiger partial charge is 0.348 e. The van der Waals surface area contributed by atoms with E-state index < -0.39 is 29.0 Å². The zero-order valence-electron chi connectivity index (χ0n) is 10.9. The van der Waals surface area contributed by atoms with Crippen LogP contribution in [0.15, 0.2) is 18.2 Å². The molecule has 1 saturated carbocycles. The summed E-state index contributed by atoms with van der Waals surface area (Å²) in [6, 6.07) is 2.32. The number of alkyl halides is 3. The molecule has 1 aliphatic carbocycles. The third-order valence-corrected chi connectivity index (χ3v) is 3.31. The molecular weight excluding hydrogens is 312 g/mol. The lowest BCUT2D eigenvalue weighted by Gasteiger charge is -2.17. The summed E-state index contributed by atoms with van der Waals surface area (Å²) in [5.74, 6) is -2.18. The first kappa shape index (κ1) is 17.7. The Morgan fingerprint density at radius 2 is 2.00 bits per heavy atom. The van der Waals surface area contributed by atoms with E-state index in [1.165, 1.54) is 0 Å². The fourth-order valence-electron chi connectivity index (χ4n) is 2.04. The topological polar surface area (TPSA) is 55.1 Å². The van der Waals surface area contributed by atoms with Crippen molar-refractivity contribution >= 4 is 18.3 Å². The third-order valence-electron chi connectivity index (χ3n) is 3.31. The molecular formula is C13H15ClF4N2O. The molecule has 1 amide bonds. The predicted molar refractivity (Wildman–Crippen MR) is 71.7 cm³/mol. The summed E-state index contributed by atoms with van der Waals surface area (Å²) in [7, 11) is 0. The first-order valence-corrected chi connectivity index (χ1v) is 6.21. The largest absolute Gasteiger partial charge is 0.419 e. The van der Waals surface area contributed by atoms with Crippen molar-refractivity contribution in [3.63, 3.8) is 0 Å². The lowest BCUT2D eigenvalue weighted by Crippen LogP contribution is -2.42. The van der Waals surface area contributed by atoms with E-state index >= 15 is 0 Å². The molecule has 0 aliphatic heterocycles. The van der Waals surface area contributed by atoms with E-state index in [4.69, 9.17) is 5.73 Å². The highest BCUT2D eigenvalue weighted by Gasteiger charge is 2.36. The molecule has 1 aromatic rings. The van der Waals surface area contributed by atoms with E-state index in [-0.39, 0.29) is 30.9 Å². The third kappa shape index (κ3) is 4.07. The van der Waals surface area contributed by atoms with Crippen molar-refractivity contribution < 1.29 is 22.4 Å². The Morgan fingerprint density at radius 3 is 2.48 bits per heavy atom. The number of rotatable bonds is 4. The fraction of sp³-hybridized carbons (Fsp3) is 0.462. The Morgan fingerprint density at radius 1 is 1.38 bits per heavy atom. The minimum absolute atomic E-state index is 0. The van der Waals surface area contributed by atoms with Gasteiger partial charge >= 0.3 is 6.18 Å². The molecule has 0 heterocycles. The number of halogens is 5. The Bertz CT molecular complexity index is 517. The number of hydrogen-bond donors (Lipinski definition) is 2. The number of amides is 1. The number of hydrogen-bond acceptors (Lipinski definition) is 2. The van der Waals surface area contributed by atoms with Gasteiger partial charge in [0.25, 0.3) is 5.91 Å². The van der Waals surface area contributed by atoms with Crippen LogP contribution < -0.4 is 11.1 Å². The molecule has 0 spiro atoms. The Hall–Kier alpha value is -1.34. The highest BCUT2D eigenvalue weighted by Crippen LogP contribution is 2.34. The SMILES string of the molecule is Cl.NCC(NC(=O)c1cccc(C(F)(F)F)c1F)C1CC1. The molecule has 3 nitrogen and oxygen atoms in total. The number of carbonyl (C=O) groups excluding carboxylic acids is 1. The number of carbonyl (C=O) groups is 1. The van der Waals surface area contributed by atoms with Gasteiger partial charge in [0.2, 0.25) is 0 Å². The first-order valence-electron chi connectivity index (χ1n) is 6.21. The molecule has 0 aromatic heterocycles. The molecule has 2 rings (SSSR count). The highest BCUT2D eigenvalue weighted by atomic mass is 35.5. The van der Waals surface area contributed by atoms with Gasteiger partial charge in [-0.1, -0.05) is 6.07 Å². The maximum atomic E-state index is 13.8. The summed E-state index contributed by atoms with van der Waals surface area (Å²) in [5, 5.41) is 2.49. The molecule has 1 unspecified atom stereocenters. The quantitative estimate of drug-likeness (QED) is 0.836. The van der Waals surface area contributed by atoms with Crippen LogP contribution in [0.2, 0.25) is 0 Å². The molecule has 1 atom stereocenters. The van der Waals surface area contributed by atoms with Gasteiger partial charge in [-0.25, -0.2) is 4.39 Å². The van der Waals surface area contributed by atoms with Crippen molar-refractivity contribution in [1.29, 1.82) is 0 Å². The van der Waals surface area contributed by atoms with Crippen molar-refractivity contribution in [2.45, 2.75) is 25.1 Å². The average molecular weight is 327 g/mol. The Balaban J connectivity index is 0.00000220. The van der Waals surface area contributed by atoms with Crippen molar-refractivity contribution in [1.82, 2.24) is 5.32 Å². The molecule has 118 valence electrons.